The molecule has 3 nitrogen and oxygen atoms in total. The van der Waals surface area contributed by atoms with Crippen molar-refractivity contribution in [1.29, 1.82) is 0 Å². The minimum Gasteiger partial charge on any atom is -0.301 e. The zero-order valence-corrected chi connectivity index (χ0v) is 11.3. The van der Waals surface area contributed by atoms with E-state index in [9.17, 15) is 4.79 Å². The van der Waals surface area contributed by atoms with Crippen molar-refractivity contribution in [3.05, 3.63) is 30.1 Å². The van der Waals surface area contributed by atoms with Crippen LogP contribution in [0.5, 0.6) is 0 Å². The highest BCUT2D eigenvalue weighted by atomic mass is 16.1. The number of hydrogen-bond acceptors (Lipinski definition) is 3. The molecule has 18 heavy (non-hydrogen) atoms. The molecule has 1 aliphatic rings. The molecule has 1 heterocycles. The van der Waals surface area contributed by atoms with E-state index in [2.05, 4.69) is 29.9 Å². The van der Waals surface area contributed by atoms with Gasteiger partial charge in [-0.2, -0.15) is 0 Å². The highest BCUT2D eigenvalue weighted by Gasteiger charge is 2.27. The average molecular weight is 246 g/mol. The summed E-state index contributed by atoms with van der Waals surface area (Å²) >= 11 is 0. The van der Waals surface area contributed by atoms with E-state index < -0.39 is 0 Å². The third-order valence-corrected chi connectivity index (χ3v) is 3.73. The summed E-state index contributed by atoms with van der Waals surface area (Å²) in [7, 11) is 2.08. The van der Waals surface area contributed by atoms with Crippen molar-refractivity contribution in [2.75, 3.05) is 13.6 Å². The monoisotopic (exact) mass is 246 g/mol. The Kier molecular flexibility index (Phi) is 4.48. The molecule has 1 aromatic heterocycles. The molecule has 0 aromatic carbocycles. The van der Waals surface area contributed by atoms with E-state index in [1.54, 1.807) is 6.20 Å². The van der Waals surface area contributed by atoms with E-state index >= 15 is 0 Å². The molecular weight excluding hydrogens is 224 g/mol. The number of hydrogen-bond donors (Lipinski definition) is 0. The number of ketones is 1. The lowest BCUT2D eigenvalue weighted by molar-refractivity contribution is -0.126. The van der Waals surface area contributed by atoms with Crippen molar-refractivity contribution in [1.82, 2.24) is 9.88 Å². The first-order valence-electron chi connectivity index (χ1n) is 6.75. The van der Waals surface area contributed by atoms with E-state index in [4.69, 9.17) is 0 Å². The van der Waals surface area contributed by atoms with Gasteiger partial charge in [0.05, 0.1) is 0 Å². The predicted octanol–water partition coefficient (Wildman–Crippen LogP) is 2.52. The molecule has 0 N–H and O–H groups in total. The number of nitrogens with zero attached hydrogens (tertiary/aromatic N) is 2. The summed E-state index contributed by atoms with van der Waals surface area (Å²) in [4.78, 5) is 18.2. The number of aromatic nitrogens is 1. The lowest BCUT2D eigenvalue weighted by Crippen LogP contribution is -2.34. The average Bonchev–Trinajstić information content (AvgIpc) is 2.35. The first-order valence-corrected chi connectivity index (χ1v) is 6.75. The summed E-state index contributed by atoms with van der Waals surface area (Å²) in [5.74, 6) is 1.38. The van der Waals surface area contributed by atoms with E-state index in [-0.39, 0.29) is 5.92 Å². The molecule has 0 radical (unpaired) electrons. The second kappa shape index (κ2) is 6.10. The molecule has 1 fully saturated rings. The van der Waals surface area contributed by atoms with Gasteiger partial charge in [0.1, 0.15) is 5.78 Å². The van der Waals surface area contributed by atoms with Crippen molar-refractivity contribution in [2.45, 2.75) is 32.7 Å². The van der Waals surface area contributed by atoms with Crippen LogP contribution in [0.1, 0.15) is 31.7 Å². The van der Waals surface area contributed by atoms with Crippen molar-refractivity contribution in [3.63, 3.8) is 0 Å². The van der Waals surface area contributed by atoms with Gasteiger partial charge in [0.15, 0.2) is 0 Å². The molecule has 1 saturated carbocycles. The Labute approximate surface area is 109 Å². The molecule has 3 heteroatoms. The molecule has 1 aliphatic carbocycles. The maximum atomic E-state index is 11.9. The van der Waals surface area contributed by atoms with E-state index in [1.165, 1.54) is 5.56 Å². The van der Waals surface area contributed by atoms with Crippen LogP contribution in [0, 0.1) is 11.8 Å². The zero-order valence-electron chi connectivity index (χ0n) is 11.3. The van der Waals surface area contributed by atoms with Gasteiger partial charge >= 0.3 is 0 Å². The van der Waals surface area contributed by atoms with Crippen LogP contribution in [-0.4, -0.2) is 29.3 Å². The number of pyridine rings is 1. The van der Waals surface area contributed by atoms with Crippen molar-refractivity contribution in [3.8, 4) is 0 Å². The Bertz CT molecular complexity index is 391. The van der Waals surface area contributed by atoms with Gasteiger partial charge in [-0.25, -0.2) is 0 Å². The van der Waals surface area contributed by atoms with Gasteiger partial charge in [-0.15, -0.1) is 0 Å². The Morgan fingerprint density at radius 3 is 3.06 bits per heavy atom. The van der Waals surface area contributed by atoms with Gasteiger partial charge in [0.2, 0.25) is 0 Å². The number of carbonyl (C=O) groups is 1. The SMILES string of the molecule is CC1CCC(=O)C(CN(C)Cc2cccnc2)C1. The summed E-state index contributed by atoms with van der Waals surface area (Å²) in [5.41, 5.74) is 1.20. The van der Waals surface area contributed by atoms with Gasteiger partial charge in [-0.1, -0.05) is 13.0 Å². The van der Waals surface area contributed by atoms with Gasteiger partial charge in [0, 0.05) is 37.8 Å². The molecule has 0 saturated heterocycles. The standard InChI is InChI=1S/C15H22N2O/c1-12-5-6-15(18)14(8-12)11-17(2)10-13-4-3-7-16-9-13/h3-4,7,9,12,14H,5-6,8,10-11H2,1-2H3. The van der Waals surface area contributed by atoms with Crippen LogP contribution >= 0.6 is 0 Å². The third kappa shape index (κ3) is 3.64. The van der Waals surface area contributed by atoms with Crippen LogP contribution in [0.15, 0.2) is 24.5 Å². The highest BCUT2D eigenvalue weighted by Crippen LogP contribution is 2.26. The molecule has 98 valence electrons. The topological polar surface area (TPSA) is 33.2 Å². The normalized spacial score (nSPS) is 24.5. The largest absolute Gasteiger partial charge is 0.301 e. The van der Waals surface area contributed by atoms with Crippen LogP contribution < -0.4 is 0 Å². The second-order valence-electron chi connectivity index (χ2n) is 5.60. The van der Waals surface area contributed by atoms with Gasteiger partial charge < -0.3 is 4.90 Å². The first kappa shape index (κ1) is 13.2. The molecule has 0 aliphatic heterocycles. The summed E-state index contributed by atoms with van der Waals surface area (Å²) in [6.45, 7) is 3.99. The Balaban J connectivity index is 1.87. The van der Waals surface area contributed by atoms with Crippen LogP contribution in [0.2, 0.25) is 0 Å². The molecule has 2 atom stereocenters. The van der Waals surface area contributed by atoms with E-state index in [1.807, 2.05) is 12.3 Å². The number of Topliss-reactive ketones (excluding diaryl/α,β-unsaturated/α-hetero) is 1. The minimum absolute atomic E-state index is 0.232. The van der Waals surface area contributed by atoms with E-state index in [0.29, 0.717) is 11.7 Å². The van der Waals surface area contributed by atoms with Crippen molar-refractivity contribution >= 4 is 5.78 Å². The van der Waals surface area contributed by atoms with Gasteiger partial charge in [-0.3, -0.25) is 9.78 Å². The molecule has 2 rings (SSSR count). The van der Waals surface area contributed by atoms with Crippen molar-refractivity contribution < 1.29 is 4.79 Å². The maximum absolute atomic E-state index is 11.9. The summed E-state index contributed by atoms with van der Waals surface area (Å²) in [5, 5.41) is 0. The Morgan fingerprint density at radius 1 is 1.50 bits per heavy atom. The number of carbonyl (C=O) groups excluding carboxylic acids is 1. The summed E-state index contributed by atoms with van der Waals surface area (Å²) in [6.07, 6.45) is 6.57. The molecular formula is C15H22N2O. The molecule has 0 bridgehead atoms. The lowest BCUT2D eigenvalue weighted by atomic mass is 9.81. The predicted molar refractivity (Wildman–Crippen MR) is 72.1 cm³/mol. The quantitative estimate of drug-likeness (QED) is 0.818. The highest BCUT2D eigenvalue weighted by molar-refractivity contribution is 5.81. The second-order valence-corrected chi connectivity index (χ2v) is 5.60. The maximum Gasteiger partial charge on any atom is 0.137 e. The van der Waals surface area contributed by atoms with Crippen LogP contribution in [0.4, 0.5) is 0 Å². The van der Waals surface area contributed by atoms with Gasteiger partial charge in [0.25, 0.3) is 0 Å². The molecule has 0 amide bonds. The number of rotatable bonds is 4. The van der Waals surface area contributed by atoms with Gasteiger partial charge in [-0.05, 0) is 37.4 Å². The fourth-order valence-corrected chi connectivity index (χ4v) is 2.75. The zero-order chi connectivity index (χ0) is 13.0. The minimum atomic E-state index is 0.232. The molecule has 1 aromatic rings. The van der Waals surface area contributed by atoms with Crippen LogP contribution in [0.25, 0.3) is 0 Å². The molecule has 2 unspecified atom stereocenters. The Hall–Kier alpha value is -1.22. The van der Waals surface area contributed by atoms with Crippen LogP contribution in [0.3, 0.4) is 0 Å². The summed E-state index contributed by atoms with van der Waals surface area (Å²) in [6, 6.07) is 4.03. The van der Waals surface area contributed by atoms with E-state index in [0.717, 1.165) is 32.4 Å². The van der Waals surface area contributed by atoms with Crippen LogP contribution in [-0.2, 0) is 11.3 Å². The third-order valence-electron chi connectivity index (χ3n) is 3.73. The van der Waals surface area contributed by atoms with Crippen molar-refractivity contribution in [2.24, 2.45) is 11.8 Å². The smallest absolute Gasteiger partial charge is 0.137 e. The first-order chi connectivity index (χ1) is 8.65. The fourth-order valence-electron chi connectivity index (χ4n) is 2.75. The Morgan fingerprint density at radius 2 is 2.33 bits per heavy atom. The summed E-state index contributed by atoms with van der Waals surface area (Å²) < 4.78 is 0. The molecule has 0 spiro atoms. The lowest BCUT2D eigenvalue weighted by Gasteiger charge is -2.29. The fraction of sp³-hybridized carbons (Fsp3) is 0.600.